The highest BCUT2D eigenvalue weighted by Gasteiger charge is 2.20. The van der Waals surface area contributed by atoms with Crippen molar-refractivity contribution >= 4 is 0 Å². The van der Waals surface area contributed by atoms with Gasteiger partial charge in [0.15, 0.2) is 0 Å². The molecule has 0 heteroatoms. The van der Waals surface area contributed by atoms with Gasteiger partial charge in [0, 0.05) is 0 Å². The van der Waals surface area contributed by atoms with Crippen LogP contribution in [0.5, 0.6) is 0 Å². The topological polar surface area (TPSA) is 0 Å². The van der Waals surface area contributed by atoms with Crippen LogP contribution >= 0.6 is 0 Å². The van der Waals surface area contributed by atoms with Crippen molar-refractivity contribution in [2.75, 3.05) is 0 Å². The van der Waals surface area contributed by atoms with Gasteiger partial charge in [0.25, 0.3) is 0 Å². The van der Waals surface area contributed by atoms with Crippen LogP contribution in [0.1, 0.15) is 25.7 Å². The van der Waals surface area contributed by atoms with Gasteiger partial charge in [0.1, 0.15) is 0 Å². The molecule has 1 aliphatic rings. The zero-order valence-corrected chi connectivity index (χ0v) is 5.90. The molecule has 1 rings (SSSR count). The molecule has 0 atom stereocenters. The summed E-state index contributed by atoms with van der Waals surface area (Å²) in [6, 6.07) is 0. The Morgan fingerprint density at radius 2 is 2.22 bits per heavy atom. The highest BCUT2D eigenvalue weighted by atomic mass is 14.3. The lowest BCUT2D eigenvalue weighted by Crippen LogP contribution is -1.78. The van der Waals surface area contributed by atoms with Crippen molar-refractivity contribution in [3.8, 4) is 0 Å². The van der Waals surface area contributed by atoms with Crippen LogP contribution in [0.2, 0.25) is 0 Å². The summed E-state index contributed by atoms with van der Waals surface area (Å²) in [5.74, 6) is 1.03. The van der Waals surface area contributed by atoms with Crippen molar-refractivity contribution in [3.63, 3.8) is 0 Å². The van der Waals surface area contributed by atoms with Gasteiger partial charge >= 0.3 is 0 Å². The molecule has 1 aliphatic carbocycles. The Hall–Kier alpha value is -0.520. The van der Waals surface area contributed by atoms with E-state index in [9.17, 15) is 0 Å². The molecule has 0 heterocycles. The third-order valence-electron chi connectivity index (χ3n) is 1.86. The summed E-state index contributed by atoms with van der Waals surface area (Å²) in [5, 5.41) is 0. The molecule has 0 aromatic heterocycles. The molecule has 0 saturated heterocycles. The van der Waals surface area contributed by atoms with Gasteiger partial charge in [-0.25, -0.2) is 0 Å². The molecule has 0 unspecified atom stereocenters. The summed E-state index contributed by atoms with van der Waals surface area (Å²) in [4.78, 5) is 0. The summed E-state index contributed by atoms with van der Waals surface area (Å²) >= 11 is 0. The van der Waals surface area contributed by atoms with Gasteiger partial charge < -0.3 is 0 Å². The minimum absolute atomic E-state index is 1.03. The highest BCUT2D eigenvalue weighted by molar-refractivity contribution is 5.10. The highest BCUT2D eigenvalue weighted by Crippen LogP contribution is 2.34. The van der Waals surface area contributed by atoms with Crippen LogP contribution in [0.25, 0.3) is 0 Å². The molecule has 0 aromatic carbocycles. The van der Waals surface area contributed by atoms with Crippen LogP contribution in [0.15, 0.2) is 24.8 Å². The first-order valence-electron chi connectivity index (χ1n) is 3.63. The molecule has 1 saturated carbocycles. The second-order valence-electron chi connectivity index (χ2n) is 2.84. The van der Waals surface area contributed by atoms with E-state index in [1.165, 1.54) is 24.8 Å². The molecule has 0 bridgehead atoms. The minimum atomic E-state index is 1.03. The lowest BCUT2D eigenvalue weighted by molar-refractivity contribution is 0.730. The van der Waals surface area contributed by atoms with Crippen LogP contribution in [-0.4, -0.2) is 0 Å². The van der Waals surface area contributed by atoms with Crippen LogP contribution in [0.3, 0.4) is 0 Å². The minimum Gasteiger partial charge on any atom is -0.0988 e. The first kappa shape index (κ1) is 6.60. The van der Waals surface area contributed by atoms with Gasteiger partial charge in [-0.05, 0) is 18.8 Å². The Labute approximate surface area is 57.3 Å². The number of hydrogen-bond donors (Lipinski definition) is 0. The van der Waals surface area contributed by atoms with Gasteiger partial charge in [-0.3, -0.25) is 0 Å². The Morgan fingerprint density at radius 1 is 1.56 bits per heavy atom. The summed E-state index contributed by atoms with van der Waals surface area (Å²) in [6.07, 6.45) is 7.26. The summed E-state index contributed by atoms with van der Waals surface area (Å²) in [6.45, 7) is 7.51. The van der Waals surface area contributed by atoms with Gasteiger partial charge in [-0.1, -0.05) is 37.6 Å². The first-order valence-corrected chi connectivity index (χ1v) is 3.63. The van der Waals surface area contributed by atoms with Crippen LogP contribution in [0.4, 0.5) is 0 Å². The fourth-order valence-electron chi connectivity index (χ4n) is 0.898. The third kappa shape index (κ3) is 2.50. The standard InChI is InChI=1S/C9H14/c1-3-8(2)4-5-9-6-7-9/h3,9H,1-2,4-7H2. The third-order valence-corrected chi connectivity index (χ3v) is 1.86. The van der Waals surface area contributed by atoms with Crippen molar-refractivity contribution < 1.29 is 0 Å². The molecular formula is C9H14. The average Bonchev–Trinajstić information content (AvgIpc) is 2.65. The molecule has 0 spiro atoms. The van der Waals surface area contributed by atoms with Crippen LogP contribution in [-0.2, 0) is 0 Å². The van der Waals surface area contributed by atoms with Crippen molar-refractivity contribution in [3.05, 3.63) is 24.8 Å². The Balaban J connectivity index is 2.02. The molecule has 0 nitrogen and oxygen atoms in total. The molecular weight excluding hydrogens is 108 g/mol. The maximum Gasteiger partial charge on any atom is -0.0282 e. The Kier molecular flexibility index (Phi) is 2.10. The summed E-state index contributed by atoms with van der Waals surface area (Å²) in [5.41, 5.74) is 1.20. The molecule has 0 aromatic rings. The molecule has 0 aliphatic heterocycles. The molecule has 0 amide bonds. The van der Waals surface area contributed by atoms with E-state index in [2.05, 4.69) is 13.2 Å². The maximum absolute atomic E-state index is 3.85. The monoisotopic (exact) mass is 122 g/mol. The SMILES string of the molecule is C=CC(=C)CCC1CC1. The van der Waals surface area contributed by atoms with Crippen LogP contribution < -0.4 is 0 Å². The van der Waals surface area contributed by atoms with E-state index in [1.54, 1.807) is 0 Å². The zero-order chi connectivity index (χ0) is 6.69. The zero-order valence-electron chi connectivity index (χ0n) is 5.90. The van der Waals surface area contributed by atoms with Gasteiger partial charge in [0.05, 0.1) is 0 Å². The van der Waals surface area contributed by atoms with Gasteiger partial charge in [-0.2, -0.15) is 0 Å². The van der Waals surface area contributed by atoms with E-state index in [0.717, 1.165) is 12.3 Å². The van der Waals surface area contributed by atoms with E-state index < -0.39 is 0 Å². The van der Waals surface area contributed by atoms with Gasteiger partial charge in [-0.15, -0.1) is 0 Å². The molecule has 1 fully saturated rings. The predicted octanol–water partition coefficient (Wildman–Crippen LogP) is 2.92. The second-order valence-corrected chi connectivity index (χ2v) is 2.84. The maximum atomic E-state index is 3.85. The second kappa shape index (κ2) is 2.86. The van der Waals surface area contributed by atoms with Crippen molar-refractivity contribution in [1.82, 2.24) is 0 Å². The van der Waals surface area contributed by atoms with Crippen molar-refractivity contribution in [1.29, 1.82) is 0 Å². The number of hydrogen-bond acceptors (Lipinski definition) is 0. The lowest BCUT2D eigenvalue weighted by Gasteiger charge is -1.95. The number of allylic oxidation sites excluding steroid dienone is 2. The molecule has 0 radical (unpaired) electrons. The van der Waals surface area contributed by atoms with Gasteiger partial charge in [0.2, 0.25) is 0 Å². The number of rotatable bonds is 4. The largest absolute Gasteiger partial charge is 0.0988 e. The fourth-order valence-corrected chi connectivity index (χ4v) is 0.898. The predicted molar refractivity (Wildman–Crippen MR) is 41.3 cm³/mol. The summed E-state index contributed by atoms with van der Waals surface area (Å²) in [7, 11) is 0. The van der Waals surface area contributed by atoms with E-state index in [4.69, 9.17) is 0 Å². The summed E-state index contributed by atoms with van der Waals surface area (Å²) < 4.78 is 0. The Bertz CT molecular complexity index is 118. The van der Waals surface area contributed by atoms with E-state index in [0.29, 0.717) is 0 Å². The Morgan fingerprint density at radius 3 is 2.67 bits per heavy atom. The average molecular weight is 122 g/mol. The molecule has 9 heavy (non-hydrogen) atoms. The smallest absolute Gasteiger partial charge is 0.0282 e. The fraction of sp³-hybridized carbons (Fsp3) is 0.556. The van der Waals surface area contributed by atoms with E-state index >= 15 is 0 Å². The van der Waals surface area contributed by atoms with Crippen LogP contribution in [0, 0.1) is 5.92 Å². The lowest BCUT2D eigenvalue weighted by atomic mass is 10.1. The van der Waals surface area contributed by atoms with Crippen molar-refractivity contribution in [2.45, 2.75) is 25.7 Å². The van der Waals surface area contributed by atoms with Crippen molar-refractivity contribution in [2.24, 2.45) is 5.92 Å². The molecule has 50 valence electrons. The first-order chi connectivity index (χ1) is 4.33. The van der Waals surface area contributed by atoms with E-state index in [-0.39, 0.29) is 0 Å². The molecule has 0 N–H and O–H groups in total. The van der Waals surface area contributed by atoms with E-state index in [1.807, 2.05) is 6.08 Å². The quantitative estimate of drug-likeness (QED) is 0.503. The normalized spacial score (nSPS) is 17.3.